The van der Waals surface area contributed by atoms with E-state index in [0.29, 0.717) is 0 Å². The summed E-state index contributed by atoms with van der Waals surface area (Å²) in [5.74, 6) is 0. The summed E-state index contributed by atoms with van der Waals surface area (Å²) in [7, 11) is 0. The zero-order valence-corrected chi connectivity index (χ0v) is 9.21. The van der Waals surface area contributed by atoms with Crippen LogP contribution in [0.3, 0.4) is 0 Å². The molecule has 0 radical (unpaired) electrons. The van der Waals surface area contributed by atoms with E-state index in [1.807, 2.05) is 0 Å². The van der Waals surface area contributed by atoms with Gasteiger partial charge < -0.3 is 4.90 Å². The van der Waals surface area contributed by atoms with Gasteiger partial charge >= 0.3 is 0 Å². The molecule has 1 aliphatic rings. The second-order valence-corrected chi connectivity index (χ2v) is 4.02. The smallest absolute Gasteiger partial charge is 0.0166 e. The molecular formula is C11H22N2. The Kier molecular flexibility index (Phi) is 4.46. The fourth-order valence-corrected chi connectivity index (χ4v) is 1.60. The largest absolute Gasteiger partial charge is 0.301 e. The molecule has 2 nitrogen and oxygen atoms in total. The van der Waals surface area contributed by atoms with Crippen LogP contribution >= 0.6 is 0 Å². The first kappa shape index (κ1) is 10.7. The lowest BCUT2D eigenvalue weighted by Gasteiger charge is -2.33. The summed E-state index contributed by atoms with van der Waals surface area (Å²) in [6, 6.07) is 0. The molecule has 0 aliphatic carbocycles. The van der Waals surface area contributed by atoms with Gasteiger partial charge in [0.05, 0.1) is 0 Å². The Morgan fingerprint density at radius 3 is 2.08 bits per heavy atom. The molecule has 0 bridgehead atoms. The lowest BCUT2D eigenvalue weighted by Crippen LogP contribution is -2.46. The van der Waals surface area contributed by atoms with Crippen molar-refractivity contribution in [3.8, 4) is 0 Å². The van der Waals surface area contributed by atoms with Crippen molar-refractivity contribution < 1.29 is 0 Å². The first-order chi connectivity index (χ1) is 6.22. The molecule has 1 rings (SSSR count). The molecule has 1 aliphatic heterocycles. The molecule has 0 aromatic rings. The summed E-state index contributed by atoms with van der Waals surface area (Å²) >= 11 is 0. The van der Waals surface area contributed by atoms with Gasteiger partial charge in [0.25, 0.3) is 0 Å². The second-order valence-electron chi connectivity index (χ2n) is 4.02. The average molecular weight is 182 g/mol. The zero-order valence-electron chi connectivity index (χ0n) is 9.21. The molecule has 2 heteroatoms. The topological polar surface area (TPSA) is 6.48 Å². The van der Waals surface area contributed by atoms with Crippen LogP contribution in [0.15, 0.2) is 11.6 Å². The van der Waals surface area contributed by atoms with Gasteiger partial charge in [-0.1, -0.05) is 18.6 Å². The molecule has 0 aromatic heterocycles. The molecule has 1 heterocycles. The van der Waals surface area contributed by atoms with Crippen LogP contribution < -0.4 is 0 Å². The van der Waals surface area contributed by atoms with Crippen molar-refractivity contribution in [2.24, 2.45) is 0 Å². The number of hydrogen-bond donors (Lipinski definition) is 0. The van der Waals surface area contributed by atoms with Gasteiger partial charge in [-0.05, 0) is 20.4 Å². The van der Waals surface area contributed by atoms with Crippen LogP contribution in [0.1, 0.15) is 20.8 Å². The van der Waals surface area contributed by atoms with Crippen molar-refractivity contribution in [1.82, 2.24) is 9.80 Å². The van der Waals surface area contributed by atoms with Gasteiger partial charge in [-0.3, -0.25) is 4.90 Å². The van der Waals surface area contributed by atoms with Crippen molar-refractivity contribution in [3.63, 3.8) is 0 Å². The lowest BCUT2D eigenvalue weighted by molar-refractivity contribution is 0.148. The van der Waals surface area contributed by atoms with Gasteiger partial charge in [-0.2, -0.15) is 0 Å². The standard InChI is InChI=1S/C11H22N2/c1-4-12-7-9-13(10-8-12)6-5-11(2)3/h5H,4,6-10H2,1-3H3. The zero-order chi connectivity index (χ0) is 9.68. The highest BCUT2D eigenvalue weighted by Gasteiger charge is 2.13. The minimum Gasteiger partial charge on any atom is -0.301 e. The monoisotopic (exact) mass is 182 g/mol. The van der Waals surface area contributed by atoms with Crippen LogP contribution in [0.4, 0.5) is 0 Å². The molecule has 76 valence electrons. The Bertz CT molecular complexity index is 163. The molecule has 1 saturated heterocycles. The number of likely N-dealkylation sites (N-methyl/N-ethyl adjacent to an activating group) is 1. The lowest BCUT2D eigenvalue weighted by atomic mass is 10.2. The van der Waals surface area contributed by atoms with Crippen molar-refractivity contribution in [2.75, 3.05) is 39.3 Å². The number of hydrogen-bond acceptors (Lipinski definition) is 2. The normalized spacial score (nSPS) is 20.2. The van der Waals surface area contributed by atoms with Gasteiger partial charge in [0, 0.05) is 32.7 Å². The number of allylic oxidation sites excluding steroid dienone is 1. The Balaban J connectivity index is 2.21. The van der Waals surface area contributed by atoms with Gasteiger partial charge in [0.2, 0.25) is 0 Å². The van der Waals surface area contributed by atoms with Gasteiger partial charge in [-0.15, -0.1) is 0 Å². The second kappa shape index (κ2) is 5.40. The fourth-order valence-electron chi connectivity index (χ4n) is 1.60. The summed E-state index contributed by atoms with van der Waals surface area (Å²) in [5, 5.41) is 0. The predicted octanol–water partition coefficient (Wildman–Crippen LogP) is 1.59. The molecule has 0 amide bonds. The van der Waals surface area contributed by atoms with E-state index in [1.54, 1.807) is 0 Å². The minimum atomic E-state index is 1.14. The molecule has 13 heavy (non-hydrogen) atoms. The summed E-state index contributed by atoms with van der Waals surface area (Å²) in [5.41, 5.74) is 1.43. The van der Waals surface area contributed by atoms with Crippen LogP contribution in [0.2, 0.25) is 0 Å². The van der Waals surface area contributed by atoms with Crippen LogP contribution in [0, 0.1) is 0 Å². The Hall–Kier alpha value is -0.340. The van der Waals surface area contributed by atoms with Crippen LogP contribution in [0.25, 0.3) is 0 Å². The SMILES string of the molecule is CCN1CCN(CC=C(C)C)CC1. The highest BCUT2D eigenvalue weighted by molar-refractivity contribution is 4.95. The molecule has 0 spiro atoms. The maximum Gasteiger partial charge on any atom is 0.0166 e. The van der Waals surface area contributed by atoms with E-state index in [9.17, 15) is 0 Å². The van der Waals surface area contributed by atoms with Gasteiger partial charge in [0.1, 0.15) is 0 Å². The Labute approximate surface area is 82.2 Å². The fraction of sp³-hybridized carbons (Fsp3) is 0.818. The van der Waals surface area contributed by atoms with Gasteiger partial charge in [0.15, 0.2) is 0 Å². The highest BCUT2D eigenvalue weighted by Crippen LogP contribution is 2.01. The van der Waals surface area contributed by atoms with Crippen molar-refractivity contribution in [3.05, 3.63) is 11.6 Å². The van der Waals surface area contributed by atoms with Crippen molar-refractivity contribution in [1.29, 1.82) is 0 Å². The molecule has 0 N–H and O–H groups in total. The van der Waals surface area contributed by atoms with Gasteiger partial charge in [-0.25, -0.2) is 0 Å². The van der Waals surface area contributed by atoms with Crippen molar-refractivity contribution in [2.45, 2.75) is 20.8 Å². The van der Waals surface area contributed by atoms with E-state index >= 15 is 0 Å². The van der Waals surface area contributed by atoms with Crippen LogP contribution in [0.5, 0.6) is 0 Å². The van der Waals surface area contributed by atoms with E-state index in [1.165, 1.54) is 38.3 Å². The average Bonchev–Trinajstić information content (AvgIpc) is 2.15. The summed E-state index contributed by atoms with van der Waals surface area (Å²) < 4.78 is 0. The summed E-state index contributed by atoms with van der Waals surface area (Å²) in [6.45, 7) is 13.9. The number of piperazine rings is 1. The third kappa shape index (κ3) is 3.92. The summed E-state index contributed by atoms with van der Waals surface area (Å²) in [6.07, 6.45) is 2.32. The molecule has 0 atom stereocenters. The molecule has 0 aromatic carbocycles. The third-order valence-electron chi connectivity index (χ3n) is 2.67. The van der Waals surface area contributed by atoms with Crippen LogP contribution in [-0.2, 0) is 0 Å². The Morgan fingerprint density at radius 2 is 1.62 bits per heavy atom. The molecule has 1 fully saturated rings. The summed E-state index contributed by atoms with van der Waals surface area (Å²) in [4.78, 5) is 5.04. The van der Waals surface area contributed by atoms with E-state index < -0.39 is 0 Å². The van der Waals surface area contributed by atoms with Crippen LogP contribution in [-0.4, -0.2) is 49.1 Å². The maximum absolute atomic E-state index is 2.53. The van der Waals surface area contributed by atoms with E-state index in [2.05, 4.69) is 36.6 Å². The number of rotatable bonds is 3. The molecule has 0 saturated carbocycles. The highest BCUT2D eigenvalue weighted by atomic mass is 15.2. The van der Waals surface area contributed by atoms with E-state index in [-0.39, 0.29) is 0 Å². The number of nitrogens with zero attached hydrogens (tertiary/aromatic N) is 2. The first-order valence-electron chi connectivity index (χ1n) is 5.30. The molecular weight excluding hydrogens is 160 g/mol. The maximum atomic E-state index is 2.53. The third-order valence-corrected chi connectivity index (χ3v) is 2.67. The van der Waals surface area contributed by atoms with Crippen molar-refractivity contribution >= 4 is 0 Å². The van der Waals surface area contributed by atoms with E-state index in [4.69, 9.17) is 0 Å². The molecule has 0 unspecified atom stereocenters. The Morgan fingerprint density at radius 1 is 1.08 bits per heavy atom. The quantitative estimate of drug-likeness (QED) is 0.612. The first-order valence-corrected chi connectivity index (χ1v) is 5.30. The minimum absolute atomic E-state index is 1.14. The van der Waals surface area contributed by atoms with E-state index in [0.717, 1.165) is 6.54 Å². The predicted molar refractivity (Wildman–Crippen MR) is 58.0 cm³/mol.